The number of aliphatic imine (C=N–C) groups is 2. The van der Waals surface area contributed by atoms with Gasteiger partial charge in [0, 0.05) is 22.5 Å². The Kier molecular flexibility index (Phi) is 7.20. The fraction of sp³-hybridized carbons (Fsp3) is 0. The second kappa shape index (κ2) is 11.4. The van der Waals surface area contributed by atoms with Crippen molar-refractivity contribution in [2.45, 2.75) is 0 Å². The van der Waals surface area contributed by atoms with Gasteiger partial charge in [0.2, 0.25) is 0 Å². The molecule has 1 heterocycles. The lowest BCUT2D eigenvalue weighted by Crippen LogP contribution is -1.94. The average Bonchev–Trinajstić information content (AvgIpc) is 2.95. The highest BCUT2D eigenvalue weighted by Gasteiger charge is 2.09. The van der Waals surface area contributed by atoms with E-state index in [0.717, 1.165) is 45.3 Å². The van der Waals surface area contributed by atoms with Crippen molar-refractivity contribution >= 4 is 35.4 Å². The molecule has 5 rings (SSSR count). The Morgan fingerprint density at radius 2 is 0.861 bits per heavy atom. The van der Waals surface area contributed by atoms with Gasteiger partial charge in [-0.25, -0.2) is 15.0 Å². The first-order valence-corrected chi connectivity index (χ1v) is 11.7. The zero-order chi connectivity index (χ0) is 24.4. The molecule has 0 atom stereocenters. The van der Waals surface area contributed by atoms with Crippen LogP contribution in [-0.4, -0.2) is 17.7 Å². The summed E-state index contributed by atoms with van der Waals surface area (Å²) in [6.45, 7) is 0. The molecule has 0 aliphatic heterocycles. The lowest BCUT2D eigenvalue weighted by molar-refractivity contribution is 1.31. The molecule has 0 saturated carbocycles. The molecule has 0 aliphatic carbocycles. The van der Waals surface area contributed by atoms with E-state index in [-0.39, 0.29) is 0 Å². The Morgan fingerprint density at radius 3 is 1.33 bits per heavy atom. The summed E-state index contributed by atoms with van der Waals surface area (Å²) in [5.74, 6) is 0. The van der Waals surface area contributed by atoms with Crippen molar-refractivity contribution < 1.29 is 0 Å². The molecule has 0 radical (unpaired) electrons. The summed E-state index contributed by atoms with van der Waals surface area (Å²) < 4.78 is 0. The van der Waals surface area contributed by atoms with Crippen LogP contribution in [0, 0.1) is 0 Å². The quantitative estimate of drug-likeness (QED) is 0.180. The molecule has 174 valence electrons. The van der Waals surface area contributed by atoms with E-state index in [4.69, 9.17) is 4.98 Å². The van der Waals surface area contributed by atoms with Crippen LogP contribution in [-0.2, 0) is 0 Å². The van der Waals surface area contributed by atoms with Crippen molar-refractivity contribution in [2.24, 2.45) is 9.98 Å². The molecule has 5 heteroatoms. The number of nitrogens with one attached hydrogen (secondary N) is 2. The minimum Gasteiger partial charge on any atom is -0.346 e. The molecule has 2 N–H and O–H groups in total. The number of benzene rings is 4. The SMILES string of the molecule is C(=Nc1ccccc1-c1cccc(-c2ccccc2N=CNc2ccccc2)n1)Nc1ccccc1. The molecule has 0 spiro atoms. The smallest absolute Gasteiger partial charge is 0.0930 e. The highest BCUT2D eigenvalue weighted by molar-refractivity contribution is 5.85. The zero-order valence-corrected chi connectivity index (χ0v) is 19.6. The highest BCUT2D eigenvalue weighted by atomic mass is 15.0. The van der Waals surface area contributed by atoms with Crippen LogP contribution in [0.2, 0.25) is 0 Å². The number of para-hydroxylation sites is 4. The summed E-state index contributed by atoms with van der Waals surface area (Å²) >= 11 is 0. The van der Waals surface area contributed by atoms with Crippen molar-refractivity contribution in [3.05, 3.63) is 127 Å². The maximum atomic E-state index is 4.98. The Labute approximate surface area is 210 Å². The maximum Gasteiger partial charge on any atom is 0.0930 e. The molecule has 0 aliphatic rings. The largest absolute Gasteiger partial charge is 0.346 e. The molecule has 5 nitrogen and oxygen atoms in total. The molecule has 0 amide bonds. The second-order valence-corrected chi connectivity index (χ2v) is 7.98. The van der Waals surface area contributed by atoms with Gasteiger partial charge in [-0.15, -0.1) is 0 Å². The molecule has 0 bridgehead atoms. The number of hydrogen-bond acceptors (Lipinski definition) is 3. The summed E-state index contributed by atoms with van der Waals surface area (Å²) in [4.78, 5) is 14.3. The van der Waals surface area contributed by atoms with Crippen LogP contribution in [0.3, 0.4) is 0 Å². The van der Waals surface area contributed by atoms with Gasteiger partial charge < -0.3 is 10.6 Å². The molecule has 4 aromatic carbocycles. The van der Waals surface area contributed by atoms with E-state index < -0.39 is 0 Å². The van der Waals surface area contributed by atoms with Gasteiger partial charge in [0.15, 0.2) is 0 Å². The first-order valence-electron chi connectivity index (χ1n) is 11.7. The number of aromatic nitrogens is 1. The third-order valence-corrected chi connectivity index (χ3v) is 5.53. The Bertz CT molecular complexity index is 1370. The van der Waals surface area contributed by atoms with Crippen molar-refractivity contribution in [2.75, 3.05) is 10.6 Å². The fourth-order valence-corrected chi connectivity index (χ4v) is 3.76. The van der Waals surface area contributed by atoms with Gasteiger partial charge in [0.1, 0.15) is 0 Å². The summed E-state index contributed by atoms with van der Waals surface area (Å²) in [7, 11) is 0. The molecular formula is C31H25N5. The predicted molar refractivity (Wildman–Crippen MR) is 152 cm³/mol. The van der Waals surface area contributed by atoms with Gasteiger partial charge in [0.25, 0.3) is 0 Å². The lowest BCUT2D eigenvalue weighted by atomic mass is 10.1. The van der Waals surface area contributed by atoms with E-state index in [2.05, 4.69) is 20.6 Å². The minimum atomic E-state index is 0.837. The Balaban J connectivity index is 1.40. The van der Waals surface area contributed by atoms with Crippen LogP contribution in [0.4, 0.5) is 22.7 Å². The monoisotopic (exact) mass is 467 g/mol. The zero-order valence-electron chi connectivity index (χ0n) is 19.6. The first-order chi connectivity index (χ1) is 17.9. The molecule has 0 saturated heterocycles. The topological polar surface area (TPSA) is 61.7 Å². The summed E-state index contributed by atoms with van der Waals surface area (Å²) in [5.41, 5.74) is 7.25. The van der Waals surface area contributed by atoms with E-state index in [9.17, 15) is 0 Å². The Hall–Kier alpha value is -5.03. The standard InChI is InChI=1S/C31H25N5/c1-3-12-24(13-4-1)32-22-34-28-18-9-7-16-26(28)30-20-11-21-31(36-30)27-17-8-10-19-29(27)35-23-33-25-14-5-2-6-15-25/h1-23H,(H,32,34)(H,33,35). The van der Waals surface area contributed by atoms with Crippen LogP contribution in [0.25, 0.3) is 22.5 Å². The van der Waals surface area contributed by atoms with E-state index in [1.165, 1.54) is 0 Å². The molecule has 0 fully saturated rings. The first kappa shape index (κ1) is 22.7. The average molecular weight is 468 g/mol. The lowest BCUT2D eigenvalue weighted by Gasteiger charge is -2.09. The summed E-state index contributed by atoms with van der Waals surface area (Å²) in [6, 6.07) is 41.9. The number of hydrogen-bond donors (Lipinski definition) is 2. The third-order valence-electron chi connectivity index (χ3n) is 5.53. The highest BCUT2D eigenvalue weighted by Crippen LogP contribution is 2.33. The maximum absolute atomic E-state index is 4.98. The normalized spacial score (nSPS) is 11.1. The van der Waals surface area contributed by atoms with Gasteiger partial charge in [-0.2, -0.15) is 0 Å². The third kappa shape index (κ3) is 5.72. The van der Waals surface area contributed by atoms with E-state index in [1.54, 1.807) is 12.7 Å². The second-order valence-electron chi connectivity index (χ2n) is 7.98. The van der Waals surface area contributed by atoms with Crippen LogP contribution in [0.15, 0.2) is 137 Å². The van der Waals surface area contributed by atoms with Crippen molar-refractivity contribution in [3.8, 4) is 22.5 Å². The van der Waals surface area contributed by atoms with Crippen LogP contribution >= 0.6 is 0 Å². The van der Waals surface area contributed by atoms with Crippen molar-refractivity contribution in [1.29, 1.82) is 0 Å². The molecule has 36 heavy (non-hydrogen) atoms. The number of nitrogens with zero attached hydrogens (tertiary/aromatic N) is 3. The van der Waals surface area contributed by atoms with E-state index >= 15 is 0 Å². The van der Waals surface area contributed by atoms with Gasteiger partial charge in [-0.05, 0) is 48.5 Å². The molecule has 5 aromatic rings. The van der Waals surface area contributed by atoms with E-state index in [1.807, 2.05) is 127 Å². The van der Waals surface area contributed by atoms with Gasteiger partial charge in [-0.3, -0.25) is 0 Å². The van der Waals surface area contributed by atoms with Gasteiger partial charge >= 0.3 is 0 Å². The molecule has 0 unspecified atom stereocenters. The summed E-state index contributed by atoms with van der Waals surface area (Å²) in [6.07, 6.45) is 3.42. The van der Waals surface area contributed by atoms with Crippen LogP contribution in [0.1, 0.15) is 0 Å². The minimum absolute atomic E-state index is 0.837. The van der Waals surface area contributed by atoms with Crippen LogP contribution < -0.4 is 10.6 Å². The predicted octanol–water partition coefficient (Wildman–Crippen LogP) is 7.96. The van der Waals surface area contributed by atoms with Gasteiger partial charge in [-0.1, -0.05) is 78.9 Å². The van der Waals surface area contributed by atoms with Crippen molar-refractivity contribution in [3.63, 3.8) is 0 Å². The number of anilines is 2. The number of rotatable bonds is 8. The van der Waals surface area contributed by atoms with Crippen LogP contribution in [0.5, 0.6) is 0 Å². The molecular weight excluding hydrogens is 442 g/mol. The van der Waals surface area contributed by atoms with Crippen molar-refractivity contribution in [1.82, 2.24) is 4.98 Å². The fourth-order valence-electron chi connectivity index (χ4n) is 3.76. The Morgan fingerprint density at radius 1 is 0.444 bits per heavy atom. The molecule has 1 aromatic heterocycles. The van der Waals surface area contributed by atoms with Gasteiger partial charge in [0.05, 0.1) is 35.4 Å². The summed E-state index contributed by atoms with van der Waals surface area (Å²) in [5, 5.41) is 6.43. The van der Waals surface area contributed by atoms with E-state index in [0.29, 0.717) is 0 Å². The number of pyridine rings is 1.